The predicted molar refractivity (Wildman–Crippen MR) is 108 cm³/mol. The van der Waals surface area contributed by atoms with E-state index in [0.29, 0.717) is 41.6 Å². The number of nitrogens with two attached hydrogens (primary N) is 1. The number of nitrogens with zero attached hydrogens (tertiary/aromatic N) is 6. The monoisotopic (exact) mass is 424 g/mol. The van der Waals surface area contributed by atoms with Crippen LogP contribution < -0.4 is 11.1 Å². The number of benzene rings is 1. The lowest BCUT2D eigenvalue weighted by molar-refractivity contribution is -0.112. The molecule has 2 bridgehead atoms. The predicted octanol–water partition coefficient (Wildman–Crippen LogP) is 2.88. The first kappa shape index (κ1) is 19.3. The number of anilines is 2. The maximum atomic E-state index is 14.7. The molecule has 3 N–H and O–H groups in total. The van der Waals surface area contributed by atoms with E-state index in [1.165, 1.54) is 24.5 Å². The first-order valence-corrected chi connectivity index (χ1v) is 10.0. The van der Waals surface area contributed by atoms with E-state index in [1.807, 2.05) is 0 Å². The Labute approximate surface area is 177 Å². The highest BCUT2D eigenvalue weighted by molar-refractivity contribution is 5.92. The van der Waals surface area contributed by atoms with Gasteiger partial charge in [-0.15, -0.1) is 5.10 Å². The smallest absolute Gasteiger partial charge is 0.323 e. The zero-order valence-corrected chi connectivity index (χ0v) is 17.0. The van der Waals surface area contributed by atoms with Crippen LogP contribution in [0.2, 0.25) is 0 Å². The van der Waals surface area contributed by atoms with Gasteiger partial charge in [-0.1, -0.05) is 6.92 Å². The molecule has 11 heteroatoms. The maximum Gasteiger partial charge on any atom is 0.323 e. The summed E-state index contributed by atoms with van der Waals surface area (Å²) in [5, 5.41) is 14.2. The van der Waals surface area contributed by atoms with Crippen LogP contribution in [0.5, 0.6) is 0 Å². The molecule has 2 amide bonds. The molecule has 2 aliphatic heterocycles. The first-order valence-electron chi connectivity index (χ1n) is 10.0. The van der Waals surface area contributed by atoms with E-state index in [1.54, 1.807) is 11.8 Å². The molecule has 5 rings (SSSR count). The molecular weight excluding hydrogens is 403 g/mol. The van der Waals surface area contributed by atoms with E-state index < -0.39 is 17.4 Å². The van der Waals surface area contributed by atoms with Gasteiger partial charge in [-0.25, -0.2) is 14.2 Å². The Balaban J connectivity index is 1.46. The molecule has 0 radical (unpaired) electrons. The van der Waals surface area contributed by atoms with Crippen molar-refractivity contribution in [3.63, 3.8) is 0 Å². The van der Waals surface area contributed by atoms with Crippen LogP contribution in [0, 0.1) is 18.7 Å². The van der Waals surface area contributed by atoms with Gasteiger partial charge in [0.05, 0.1) is 11.9 Å². The van der Waals surface area contributed by atoms with Crippen LogP contribution in [0.25, 0.3) is 11.4 Å². The lowest BCUT2D eigenvalue weighted by Gasteiger charge is -2.61. The van der Waals surface area contributed by atoms with Crippen molar-refractivity contribution >= 4 is 17.7 Å². The number of nitrogen functional groups attached to an aromatic ring is 1. The molecular formula is C20H21FN8O2. The molecule has 2 saturated heterocycles. The minimum atomic E-state index is -0.729. The van der Waals surface area contributed by atoms with Gasteiger partial charge < -0.3 is 20.5 Å². The highest BCUT2D eigenvalue weighted by atomic mass is 19.1. The number of hydrogen-bond donors (Lipinski definition) is 2. The van der Waals surface area contributed by atoms with Crippen molar-refractivity contribution in [2.75, 3.05) is 11.1 Å². The Morgan fingerprint density at radius 2 is 2.19 bits per heavy atom. The molecule has 3 aromatic rings. The van der Waals surface area contributed by atoms with Crippen molar-refractivity contribution in [3.05, 3.63) is 41.8 Å². The van der Waals surface area contributed by atoms with E-state index in [-0.39, 0.29) is 17.7 Å². The standard InChI is InChI=1S/C20H21FN8O2/c1-10-5-12-9-20(8-10,17-26-18(22)28-31-17)29(12)19(30)25-15-7-13(11(2)6-14(15)21)16-23-3-4-24-27-16/h3-4,6-7,10,12H,5,8-9H2,1-2H3,(H2,22,28)(H,25,30)/t10-,12?,20?/m0/s1. The molecule has 31 heavy (non-hydrogen) atoms. The van der Waals surface area contributed by atoms with E-state index in [2.05, 4.69) is 37.6 Å². The van der Waals surface area contributed by atoms with Crippen LogP contribution in [0.3, 0.4) is 0 Å². The van der Waals surface area contributed by atoms with E-state index >= 15 is 0 Å². The van der Waals surface area contributed by atoms with Crippen molar-refractivity contribution in [1.29, 1.82) is 0 Å². The number of nitrogens with one attached hydrogen (secondary N) is 1. The second-order valence-electron chi connectivity index (χ2n) is 8.31. The van der Waals surface area contributed by atoms with Crippen molar-refractivity contribution in [3.8, 4) is 11.4 Å². The molecule has 160 valence electrons. The van der Waals surface area contributed by atoms with Crippen LogP contribution in [-0.4, -0.2) is 42.3 Å². The molecule has 3 atom stereocenters. The molecule has 0 saturated carbocycles. The van der Waals surface area contributed by atoms with Gasteiger partial charge in [-0.2, -0.15) is 10.1 Å². The summed E-state index contributed by atoms with van der Waals surface area (Å²) < 4.78 is 20.1. The largest absolute Gasteiger partial charge is 0.365 e. The Morgan fingerprint density at radius 1 is 1.35 bits per heavy atom. The highest BCUT2D eigenvalue weighted by Gasteiger charge is 2.62. The second-order valence-corrected chi connectivity index (χ2v) is 8.31. The fourth-order valence-electron chi connectivity index (χ4n) is 4.93. The summed E-state index contributed by atoms with van der Waals surface area (Å²) in [6, 6.07) is 2.44. The highest BCUT2D eigenvalue weighted by Crippen LogP contribution is 2.55. The Morgan fingerprint density at radius 3 is 2.90 bits per heavy atom. The molecule has 0 spiro atoms. The van der Waals surface area contributed by atoms with Crippen LogP contribution in [0.15, 0.2) is 29.0 Å². The van der Waals surface area contributed by atoms with Crippen molar-refractivity contribution < 1.29 is 13.7 Å². The summed E-state index contributed by atoms with van der Waals surface area (Å²) in [4.78, 5) is 23.3. The summed E-state index contributed by atoms with van der Waals surface area (Å²) in [5.74, 6) is 0.520. The van der Waals surface area contributed by atoms with Gasteiger partial charge in [0.1, 0.15) is 11.4 Å². The summed E-state index contributed by atoms with van der Waals surface area (Å²) in [5.41, 5.74) is 6.18. The molecule has 2 aliphatic rings. The number of fused-ring (bicyclic) bond motifs is 2. The molecule has 1 aromatic carbocycles. The van der Waals surface area contributed by atoms with E-state index in [4.69, 9.17) is 10.3 Å². The maximum absolute atomic E-state index is 14.7. The van der Waals surface area contributed by atoms with Gasteiger partial charge in [0.2, 0.25) is 0 Å². The number of urea groups is 1. The van der Waals surface area contributed by atoms with Gasteiger partial charge in [-0.05, 0) is 48.5 Å². The topological polar surface area (TPSA) is 136 Å². The SMILES string of the molecule is Cc1cc(F)c(NC(=O)N2C3C[C@H](C)CC2(c2nc(N)no2)C3)cc1-c1nccnn1. The molecule has 2 fully saturated rings. The third-order valence-electron chi connectivity index (χ3n) is 6.10. The average Bonchev–Trinajstić information content (AvgIpc) is 3.17. The number of rotatable bonds is 3. The van der Waals surface area contributed by atoms with Crippen LogP contribution in [0.4, 0.5) is 20.8 Å². The minimum Gasteiger partial charge on any atom is -0.365 e. The van der Waals surface area contributed by atoms with Crippen molar-refractivity contribution in [2.24, 2.45) is 5.92 Å². The zero-order valence-electron chi connectivity index (χ0n) is 17.0. The summed E-state index contributed by atoms with van der Waals surface area (Å²) in [7, 11) is 0. The van der Waals surface area contributed by atoms with Gasteiger partial charge >= 0.3 is 6.03 Å². The number of aryl methyl sites for hydroxylation is 1. The second kappa shape index (κ2) is 6.96. The van der Waals surface area contributed by atoms with Crippen LogP contribution in [-0.2, 0) is 5.54 Å². The Bertz CT molecular complexity index is 1150. The van der Waals surface area contributed by atoms with Gasteiger partial charge in [0.15, 0.2) is 5.82 Å². The number of aromatic nitrogens is 5. The summed E-state index contributed by atoms with van der Waals surface area (Å²) in [6.45, 7) is 3.87. The molecule has 2 aromatic heterocycles. The number of carbonyl (C=O) groups is 1. The fourth-order valence-corrected chi connectivity index (χ4v) is 4.93. The molecule has 2 unspecified atom stereocenters. The fraction of sp³-hybridized carbons (Fsp3) is 0.400. The summed E-state index contributed by atoms with van der Waals surface area (Å²) in [6.07, 6.45) is 5.19. The van der Waals surface area contributed by atoms with E-state index in [0.717, 1.165) is 6.42 Å². The Kier molecular flexibility index (Phi) is 4.34. The molecule has 0 aliphatic carbocycles. The Hall–Kier alpha value is -3.63. The number of amides is 2. The number of carbonyl (C=O) groups excluding carboxylic acids is 1. The first-order chi connectivity index (χ1) is 14.9. The van der Waals surface area contributed by atoms with Crippen molar-refractivity contribution in [1.82, 2.24) is 30.2 Å². The minimum absolute atomic E-state index is 0.00603. The number of halogens is 1. The van der Waals surface area contributed by atoms with Gasteiger partial charge in [0.25, 0.3) is 11.8 Å². The van der Waals surface area contributed by atoms with Crippen molar-refractivity contribution in [2.45, 2.75) is 44.7 Å². The third-order valence-corrected chi connectivity index (χ3v) is 6.10. The molecule has 4 heterocycles. The lowest BCUT2D eigenvalue weighted by atomic mass is 9.64. The molecule has 10 nitrogen and oxygen atoms in total. The lowest BCUT2D eigenvalue weighted by Crippen LogP contribution is -2.70. The normalized spacial score (nSPS) is 24.5. The van der Waals surface area contributed by atoms with E-state index in [9.17, 15) is 9.18 Å². The zero-order chi connectivity index (χ0) is 21.8. The number of hydrogen-bond acceptors (Lipinski definition) is 8. The summed E-state index contributed by atoms with van der Waals surface area (Å²) >= 11 is 0. The van der Waals surface area contributed by atoms with Crippen LogP contribution >= 0.6 is 0 Å². The quantitative estimate of drug-likeness (QED) is 0.655. The third kappa shape index (κ3) is 3.07. The average molecular weight is 424 g/mol. The van der Waals surface area contributed by atoms with Gasteiger partial charge in [0, 0.05) is 24.2 Å². The number of piperidine rings is 1. The van der Waals surface area contributed by atoms with Crippen LogP contribution in [0.1, 0.15) is 37.6 Å². The van der Waals surface area contributed by atoms with Gasteiger partial charge in [-0.3, -0.25) is 0 Å².